The van der Waals surface area contributed by atoms with E-state index in [2.05, 4.69) is 51.7 Å². The van der Waals surface area contributed by atoms with Crippen LogP contribution < -0.4 is 15.8 Å². The molecule has 0 radical (unpaired) electrons. The molecule has 32 heavy (non-hydrogen) atoms. The Morgan fingerprint density at radius 3 is 2.56 bits per heavy atom. The molecule has 1 aromatic heterocycles. The first-order valence-corrected chi connectivity index (χ1v) is 10.8. The van der Waals surface area contributed by atoms with E-state index in [1.54, 1.807) is 18.3 Å². The van der Waals surface area contributed by atoms with Crippen LogP contribution in [0.5, 0.6) is 0 Å². The molecule has 1 N–H and O–H groups in total. The zero-order valence-electron chi connectivity index (χ0n) is 17.7. The third-order valence-corrected chi connectivity index (χ3v) is 5.92. The molecule has 6 nitrogen and oxygen atoms in total. The van der Waals surface area contributed by atoms with Gasteiger partial charge in [0.25, 0.3) is 5.56 Å². The van der Waals surface area contributed by atoms with Crippen molar-refractivity contribution in [1.29, 1.82) is 0 Å². The van der Waals surface area contributed by atoms with Gasteiger partial charge in [-0.2, -0.15) is 5.10 Å². The second-order valence-corrected chi connectivity index (χ2v) is 8.09. The van der Waals surface area contributed by atoms with Gasteiger partial charge in [0.15, 0.2) is 0 Å². The van der Waals surface area contributed by atoms with Gasteiger partial charge in [0.05, 0.1) is 11.6 Å². The van der Waals surface area contributed by atoms with Crippen molar-refractivity contribution in [3.8, 4) is 0 Å². The molecular formula is C26H24N4O2. The molecule has 0 saturated heterocycles. The van der Waals surface area contributed by atoms with Crippen LogP contribution in [0.2, 0.25) is 0 Å². The number of rotatable bonds is 6. The molecule has 0 aliphatic carbocycles. The molecule has 0 atom stereocenters. The van der Waals surface area contributed by atoms with E-state index in [1.165, 1.54) is 21.5 Å². The van der Waals surface area contributed by atoms with E-state index < -0.39 is 0 Å². The minimum Gasteiger partial charge on any atom is -0.367 e. The first-order chi connectivity index (χ1) is 15.7. The lowest BCUT2D eigenvalue weighted by Gasteiger charge is -2.19. The fourth-order valence-electron chi connectivity index (χ4n) is 4.19. The summed E-state index contributed by atoms with van der Waals surface area (Å²) < 4.78 is 1.20. The van der Waals surface area contributed by atoms with Crippen LogP contribution in [0.1, 0.15) is 16.7 Å². The van der Waals surface area contributed by atoms with E-state index >= 15 is 0 Å². The molecule has 4 aromatic rings. The maximum absolute atomic E-state index is 12.5. The number of hydrogen-bond acceptors (Lipinski definition) is 4. The minimum absolute atomic E-state index is 0.101. The highest BCUT2D eigenvalue weighted by atomic mass is 16.2. The smallest absolute Gasteiger partial charge is 0.275 e. The lowest BCUT2D eigenvalue weighted by Crippen LogP contribution is -2.33. The van der Waals surface area contributed by atoms with Gasteiger partial charge in [-0.25, -0.2) is 4.68 Å². The molecular weight excluding hydrogens is 400 g/mol. The van der Waals surface area contributed by atoms with Crippen molar-refractivity contribution in [3.05, 3.63) is 106 Å². The number of hydrogen-bond donors (Lipinski definition) is 1. The first kappa shape index (κ1) is 20.0. The van der Waals surface area contributed by atoms with E-state index in [0.29, 0.717) is 11.9 Å². The summed E-state index contributed by atoms with van der Waals surface area (Å²) in [5, 5.41) is 8.33. The number of carbonyl (C=O) groups is 1. The number of anilines is 1. The van der Waals surface area contributed by atoms with Gasteiger partial charge in [0.2, 0.25) is 5.91 Å². The van der Waals surface area contributed by atoms with Crippen LogP contribution in [-0.2, 0) is 30.8 Å². The zero-order valence-corrected chi connectivity index (χ0v) is 17.7. The standard InChI is InChI=1S/C26H24N4O2/c31-25(18-30-26(32)23-7-3-1-6-22(23)16-28-30)27-15-19-9-11-20(12-10-19)17-29-14-13-21-5-2-4-8-24(21)29/h1-12,16H,13-15,17-18H2,(H,27,31). The highest BCUT2D eigenvalue weighted by Crippen LogP contribution is 2.28. The van der Waals surface area contributed by atoms with Gasteiger partial charge in [-0.05, 0) is 35.2 Å². The Hall–Kier alpha value is -3.93. The average Bonchev–Trinajstić information content (AvgIpc) is 3.23. The van der Waals surface area contributed by atoms with Crippen molar-refractivity contribution in [2.75, 3.05) is 11.4 Å². The van der Waals surface area contributed by atoms with Crippen LogP contribution in [0.15, 0.2) is 83.8 Å². The van der Waals surface area contributed by atoms with Gasteiger partial charge in [-0.15, -0.1) is 0 Å². The second kappa shape index (κ2) is 8.67. The summed E-state index contributed by atoms with van der Waals surface area (Å²) in [4.78, 5) is 27.3. The summed E-state index contributed by atoms with van der Waals surface area (Å²) in [5.74, 6) is -0.243. The number of fused-ring (bicyclic) bond motifs is 2. The van der Waals surface area contributed by atoms with Crippen molar-refractivity contribution >= 4 is 22.4 Å². The molecule has 6 heteroatoms. The van der Waals surface area contributed by atoms with E-state index in [4.69, 9.17) is 0 Å². The van der Waals surface area contributed by atoms with E-state index in [9.17, 15) is 9.59 Å². The molecule has 0 unspecified atom stereocenters. The Bertz CT molecular complexity index is 1330. The predicted octanol–water partition coefficient (Wildman–Crippen LogP) is 3.28. The van der Waals surface area contributed by atoms with Crippen LogP contribution in [0.4, 0.5) is 5.69 Å². The Kier molecular flexibility index (Phi) is 5.42. The minimum atomic E-state index is -0.258. The summed E-state index contributed by atoms with van der Waals surface area (Å²) in [6.45, 7) is 2.23. The fourth-order valence-corrected chi connectivity index (χ4v) is 4.19. The lowest BCUT2D eigenvalue weighted by molar-refractivity contribution is -0.122. The number of aromatic nitrogens is 2. The van der Waals surface area contributed by atoms with Crippen molar-refractivity contribution in [2.45, 2.75) is 26.1 Å². The van der Waals surface area contributed by atoms with Crippen LogP contribution in [0.25, 0.3) is 10.8 Å². The topological polar surface area (TPSA) is 67.2 Å². The summed E-state index contributed by atoms with van der Waals surface area (Å²) >= 11 is 0. The van der Waals surface area contributed by atoms with E-state index in [0.717, 1.165) is 30.5 Å². The third-order valence-electron chi connectivity index (χ3n) is 5.92. The molecule has 0 saturated carbocycles. The van der Waals surface area contributed by atoms with Gasteiger partial charge < -0.3 is 10.2 Å². The zero-order chi connectivity index (χ0) is 21.9. The number of carbonyl (C=O) groups excluding carboxylic acids is 1. The SMILES string of the molecule is O=C(Cn1ncc2ccccc2c1=O)NCc1ccc(CN2CCc3ccccc32)cc1. The lowest BCUT2D eigenvalue weighted by atomic mass is 10.1. The molecule has 160 valence electrons. The van der Waals surface area contributed by atoms with Crippen molar-refractivity contribution in [2.24, 2.45) is 0 Å². The molecule has 1 amide bonds. The third kappa shape index (κ3) is 4.12. The summed E-state index contributed by atoms with van der Waals surface area (Å²) in [6, 6.07) is 24.1. The van der Waals surface area contributed by atoms with E-state index in [-0.39, 0.29) is 18.0 Å². The number of nitrogens with zero attached hydrogens (tertiary/aromatic N) is 3. The molecule has 1 aliphatic rings. The van der Waals surface area contributed by atoms with Gasteiger partial charge >= 0.3 is 0 Å². The Morgan fingerprint density at radius 2 is 1.69 bits per heavy atom. The van der Waals surface area contributed by atoms with E-state index in [1.807, 2.05) is 24.3 Å². The summed E-state index contributed by atoms with van der Waals surface area (Å²) in [5.41, 5.74) is 4.73. The Morgan fingerprint density at radius 1 is 0.938 bits per heavy atom. The van der Waals surface area contributed by atoms with Gasteiger partial charge in [0, 0.05) is 30.7 Å². The predicted molar refractivity (Wildman–Crippen MR) is 125 cm³/mol. The summed E-state index contributed by atoms with van der Waals surface area (Å²) in [7, 11) is 0. The first-order valence-electron chi connectivity index (χ1n) is 10.8. The maximum Gasteiger partial charge on any atom is 0.275 e. The van der Waals surface area contributed by atoms with Crippen LogP contribution in [0.3, 0.4) is 0 Å². The highest BCUT2D eigenvalue weighted by Gasteiger charge is 2.18. The number of amides is 1. The van der Waals surface area contributed by atoms with Crippen molar-refractivity contribution in [3.63, 3.8) is 0 Å². The normalized spacial score (nSPS) is 12.7. The molecule has 0 fully saturated rings. The molecule has 2 heterocycles. The highest BCUT2D eigenvalue weighted by molar-refractivity contribution is 5.81. The number of nitrogens with one attached hydrogen (secondary N) is 1. The molecule has 3 aromatic carbocycles. The largest absolute Gasteiger partial charge is 0.367 e. The van der Waals surface area contributed by atoms with Crippen molar-refractivity contribution in [1.82, 2.24) is 15.1 Å². The number of para-hydroxylation sites is 1. The number of benzene rings is 3. The average molecular weight is 425 g/mol. The molecule has 1 aliphatic heterocycles. The quantitative estimate of drug-likeness (QED) is 0.516. The van der Waals surface area contributed by atoms with Crippen LogP contribution >= 0.6 is 0 Å². The second-order valence-electron chi connectivity index (χ2n) is 8.09. The molecule has 0 bridgehead atoms. The Labute approximate surface area is 186 Å². The van der Waals surface area contributed by atoms with Crippen LogP contribution in [-0.4, -0.2) is 22.2 Å². The van der Waals surface area contributed by atoms with Crippen molar-refractivity contribution < 1.29 is 4.79 Å². The van der Waals surface area contributed by atoms with Gasteiger partial charge in [0.1, 0.15) is 6.54 Å². The fraction of sp³-hybridized carbons (Fsp3) is 0.192. The van der Waals surface area contributed by atoms with Gasteiger partial charge in [-0.1, -0.05) is 60.7 Å². The maximum atomic E-state index is 12.5. The molecule has 0 spiro atoms. The molecule has 5 rings (SSSR count). The monoisotopic (exact) mass is 424 g/mol. The Balaban J connectivity index is 1.17. The van der Waals surface area contributed by atoms with Crippen LogP contribution in [0, 0.1) is 0 Å². The van der Waals surface area contributed by atoms with Gasteiger partial charge in [-0.3, -0.25) is 9.59 Å². The summed E-state index contributed by atoms with van der Waals surface area (Å²) in [6.07, 6.45) is 2.71.